The summed E-state index contributed by atoms with van der Waals surface area (Å²) in [5.41, 5.74) is 6.41. The van der Waals surface area contributed by atoms with Gasteiger partial charge in [-0.25, -0.2) is 9.97 Å². The number of hydrogen-bond donors (Lipinski definition) is 2. The lowest BCUT2D eigenvalue weighted by Gasteiger charge is -2.33. The van der Waals surface area contributed by atoms with Crippen LogP contribution in [0.4, 0.5) is 5.82 Å². The molecular weight excluding hydrogens is 286 g/mol. The van der Waals surface area contributed by atoms with Gasteiger partial charge in [-0.2, -0.15) is 0 Å². The Kier molecular flexibility index (Phi) is 4.31. The van der Waals surface area contributed by atoms with Crippen molar-refractivity contribution < 1.29 is 4.79 Å². The van der Waals surface area contributed by atoms with Crippen molar-refractivity contribution >= 4 is 33.3 Å². The molecular formula is C14H19N5OS. The van der Waals surface area contributed by atoms with Gasteiger partial charge in [0.15, 0.2) is 0 Å². The first-order valence-electron chi connectivity index (χ1n) is 7.20. The number of rotatable bonds is 4. The van der Waals surface area contributed by atoms with Crippen molar-refractivity contribution in [2.24, 2.45) is 11.7 Å². The van der Waals surface area contributed by atoms with Crippen molar-refractivity contribution in [1.82, 2.24) is 15.3 Å². The summed E-state index contributed by atoms with van der Waals surface area (Å²) in [7, 11) is 0. The Morgan fingerprint density at radius 2 is 2.43 bits per heavy atom. The minimum atomic E-state index is 0.00952. The van der Waals surface area contributed by atoms with Gasteiger partial charge >= 0.3 is 0 Å². The number of fused-ring (bicyclic) bond motifs is 1. The van der Waals surface area contributed by atoms with Crippen molar-refractivity contribution in [3.05, 3.63) is 17.8 Å². The van der Waals surface area contributed by atoms with E-state index in [-0.39, 0.29) is 11.8 Å². The van der Waals surface area contributed by atoms with Gasteiger partial charge < -0.3 is 16.0 Å². The molecule has 1 fully saturated rings. The molecule has 112 valence electrons. The van der Waals surface area contributed by atoms with Crippen LogP contribution in [-0.4, -0.2) is 42.1 Å². The van der Waals surface area contributed by atoms with Crippen LogP contribution in [0.1, 0.15) is 12.8 Å². The Balaban J connectivity index is 1.77. The topological polar surface area (TPSA) is 84.1 Å². The van der Waals surface area contributed by atoms with Gasteiger partial charge in [0.1, 0.15) is 12.1 Å². The van der Waals surface area contributed by atoms with E-state index < -0.39 is 0 Å². The van der Waals surface area contributed by atoms with Gasteiger partial charge in [0, 0.05) is 26.2 Å². The summed E-state index contributed by atoms with van der Waals surface area (Å²) in [6.07, 6.45) is 3.52. The summed E-state index contributed by atoms with van der Waals surface area (Å²) in [4.78, 5) is 23.0. The van der Waals surface area contributed by atoms with Gasteiger partial charge in [0.05, 0.1) is 16.1 Å². The normalized spacial score (nSPS) is 18.9. The van der Waals surface area contributed by atoms with Crippen LogP contribution >= 0.6 is 11.3 Å². The van der Waals surface area contributed by atoms with Crippen LogP contribution in [0.5, 0.6) is 0 Å². The van der Waals surface area contributed by atoms with Crippen LogP contribution in [0.15, 0.2) is 17.8 Å². The van der Waals surface area contributed by atoms with E-state index in [1.807, 2.05) is 11.4 Å². The van der Waals surface area contributed by atoms with E-state index in [4.69, 9.17) is 5.73 Å². The number of aromatic nitrogens is 2. The van der Waals surface area contributed by atoms with Crippen LogP contribution in [-0.2, 0) is 4.79 Å². The monoisotopic (exact) mass is 305 g/mol. The summed E-state index contributed by atoms with van der Waals surface area (Å²) >= 11 is 1.65. The third-order valence-corrected chi connectivity index (χ3v) is 4.66. The SMILES string of the molecule is NCCNC(=O)C1CCCN(c2ncnc3ccsc23)C1. The van der Waals surface area contributed by atoms with Crippen molar-refractivity contribution in [3.63, 3.8) is 0 Å². The van der Waals surface area contributed by atoms with Gasteiger partial charge in [0.2, 0.25) is 5.91 Å². The molecule has 2 aromatic rings. The standard InChI is InChI=1S/C14H19N5OS/c15-4-5-16-14(20)10-2-1-6-19(8-10)13-12-11(3-7-21-12)17-9-18-13/h3,7,9-10H,1-2,4-6,8,15H2,(H,16,20). The fourth-order valence-electron chi connectivity index (χ4n) is 2.72. The average molecular weight is 305 g/mol. The largest absolute Gasteiger partial charge is 0.355 e. The van der Waals surface area contributed by atoms with Crippen LogP contribution in [0.3, 0.4) is 0 Å². The van der Waals surface area contributed by atoms with Crippen molar-refractivity contribution in [3.8, 4) is 0 Å². The van der Waals surface area contributed by atoms with Crippen LogP contribution in [0.25, 0.3) is 10.2 Å². The fraction of sp³-hybridized carbons (Fsp3) is 0.500. The Labute approximate surface area is 127 Å². The maximum Gasteiger partial charge on any atom is 0.224 e. The maximum absolute atomic E-state index is 12.1. The first kappa shape index (κ1) is 14.2. The maximum atomic E-state index is 12.1. The molecule has 0 bridgehead atoms. The lowest BCUT2D eigenvalue weighted by atomic mass is 9.97. The number of nitrogens with two attached hydrogens (primary N) is 1. The smallest absolute Gasteiger partial charge is 0.224 e. The van der Waals surface area contributed by atoms with E-state index in [0.29, 0.717) is 19.6 Å². The minimum Gasteiger partial charge on any atom is -0.355 e. The van der Waals surface area contributed by atoms with Crippen molar-refractivity contribution in [2.45, 2.75) is 12.8 Å². The molecule has 21 heavy (non-hydrogen) atoms. The number of nitrogens with zero attached hydrogens (tertiary/aromatic N) is 3. The van der Waals surface area contributed by atoms with E-state index in [2.05, 4.69) is 20.2 Å². The van der Waals surface area contributed by atoms with Crippen molar-refractivity contribution in [2.75, 3.05) is 31.1 Å². The first-order valence-corrected chi connectivity index (χ1v) is 8.08. The second-order valence-electron chi connectivity index (χ2n) is 5.20. The Bertz CT molecular complexity index is 629. The van der Waals surface area contributed by atoms with E-state index >= 15 is 0 Å². The molecule has 3 rings (SSSR count). The molecule has 0 aromatic carbocycles. The molecule has 3 N–H and O–H groups in total. The molecule has 1 unspecified atom stereocenters. The molecule has 6 nitrogen and oxygen atoms in total. The zero-order chi connectivity index (χ0) is 14.7. The Morgan fingerprint density at radius 3 is 3.29 bits per heavy atom. The molecule has 1 saturated heterocycles. The average Bonchev–Trinajstić information content (AvgIpc) is 3.01. The number of nitrogens with one attached hydrogen (secondary N) is 1. The van der Waals surface area contributed by atoms with Gasteiger partial charge in [-0.3, -0.25) is 4.79 Å². The molecule has 7 heteroatoms. The molecule has 0 radical (unpaired) electrons. The predicted molar refractivity (Wildman–Crippen MR) is 84.4 cm³/mol. The van der Waals surface area contributed by atoms with E-state index in [0.717, 1.165) is 35.4 Å². The van der Waals surface area contributed by atoms with Gasteiger partial charge in [-0.15, -0.1) is 11.3 Å². The highest BCUT2D eigenvalue weighted by Gasteiger charge is 2.27. The summed E-state index contributed by atoms with van der Waals surface area (Å²) < 4.78 is 1.10. The lowest BCUT2D eigenvalue weighted by Crippen LogP contribution is -2.44. The molecule has 0 aliphatic carbocycles. The summed E-state index contributed by atoms with van der Waals surface area (Å²) in [6, 6.07) is 2.00. The van der Waals surface area contributed by atoms with Crippen LogP contribution in [0, 0.1) is 5.92 Å². The summed E-state index contributed by atoms with van der Waals surface area (Å²) in [5.74, 6) is 1.06. The lowest BCUT2D eigenvalue weighted by molar-refractivity contribution is -0.125. The van der Waals surface area contributed by atoms with Gasteiger partial charge in [-0.1, -0.05) is 0 Å². The van der Waals surface area contributed by atoms with E-state index in [1.54, 1.807) is 17.7 Å². The third kappa shape index (κ3) is 2.98. The van der Waals surface area contributed by atoms with E-state index in [9.17, 15) is 4.79 Å². The molecule has 1 aliphatic heterocycles. The highest BCUT2D eigenvalue weighted by molar-refractivity contribution is 7.17. The molecule has 0 spiro atoms. The fourth-order valence-corrected chi connectivity index (χ4v) is 3.59. The van der Waals surface area contributed by atoms with Crippen LogP contribution < -0.4 is 16.0 Å². The second kappa shape index (κ2) is 6.36. The number of hydrogen-bond acceptors (Lipinski definition) is 6. The zero-order valence-electron chi connectivity index (χ0n) is 11.8. The zero-order valence-corrected chi connectivity index (χ0v) is 12.6. The highest BCUT2D eigenvalue weighted by atomic mass is 32.1. The Morgan fingerprint density at radius 1 is 1.52 bits per heavy atom. The molecule has 0 saturated carbocycles. The number of anilines is 1. The molecule has 2 aromatic heterocycles. The summed E-state index contributed by atoms with van der Waals surface area (Å²) in [6.45, 7) is 2.66. The minimum absolute atomic E-state index is 0.00952. The van der Waals surface area contributed by atoms with Gasteiger partial charge in [-0.05, 0) is 24.3 Å². The number of amides is 1. The van der Waals surface area contributed by atoms with Gasteiger partial charge in [0.25, 0.3) is 0 Å². The third-order valence-electron chi connectivity index (χ3n) is 3.76. The first-order chi connectivity index (χ1) is 10.3. The number of thiophene rings is 1. The summed E-state index contributed by atoms with van der Waals surface area (Å²) in [5, 5.41) is 4.91. The number of carbonyl (C=O) groups is 1. The Hall–Kier alpha value is -1.73. The molecule has 1 amide bonds. The molecule has 1 aliphatic rings. The predicted octanol–water partition coefficient (Wildman–Crippen LogP) is 0.983. The highest BCUT2D eigenvalue weighted by Crippen LogP contribution is 2.30. The second-order valence-corrected chi connectivity index (χ2v) is 6.11. The number of piperidine rings is 1. The van der Waals surface area contributed by atoms with E-state index in [1.165, 1.54) is 0 Å². The molecule has 1 atom stereocenters. The number of carbonyl (C=O) groups excluding carboxylic acids is 1. The molecule has 3 heterocycles. The van der Waals surface area contributed by atoms with Crippen molar-refractivity contribution in [1.29, 1.82) is 0 Å². The quantitative estimate of drug-likeness (QED) is 0.880. The van der Waals surface area contributed by atoms with Crippen LogP contribution in [0.2, 0.25) is 0 Å².